The lowest BCUT2D eigenvalue weighted by Gasteiger charge is -2.40. The van der Waals surface area contributed by atoms with Crippen LogP contribution in [0, 0.1) is 11.7 Å². The van der Waals surface area contributed by atoms with Gasteiger partial charge in [0.25, 0.3) is 11.9 Å². The van der Waals surface area contributed by atoms with E-state index in [1.165, 1.54) is 6.07 Å². The van der Waals surface area contributed by atoms with Crippen molar-refractivity contribution in [2.24, 2.45) is 10.9 Å². The fraction of sp³-hybridized carbons (Fsp3) is 0.333. The van der Waals surface area contributed by atoms with E-state index in [0.717, 1.165) is 0 Å². The van der Waals surface area contributed by atoms with Crippen molar-refractivity contribution in [3.63, 3.8) is 0 Å². The second-order valence-corrected chi connectivity index (χ2v) is 7.01. The number of halogens is 1. The third-order valence-electron chi connectivity index (χ3n) is 5.32. The van der Waals surface area contributed by atoms with Crippen LogP contribution < -0.4 is 5.32 Å². The van der Waals surface area contributed by atoms with Crippen LogP contribution >= 0.6 is 0 Å². The smallest absolute Gasteiger partial charge is 0.292 e. The Balaban J connectivity index is 1.74. The Morgan fingerprint density at radius 2 is 1.81 bits per heavy atom. The molecule has 0 radical (unpaired) electrons. The number of carbonyl (C=O) groups excluding carboxylic acids is 1. The average Bonchev–Trinajstić information content (AvgIpc) is 3.01. The summed E-state index contributed by atoms with van der Waals surface area (Å²) in [4.78, 5) is 17.2. The number of rotatable bonds is 2. The zero-order valence-electron chi connectivity index (χ0n) is 15.2. The van der Waals surface area contributed by atoms with Gasteiger partial charge in [-0.15, -0.1) is 0 Å². The van der Waals surface area contributed by atoms with Crippen molar-refractivity contribution >= 4 is 11.9 Å². The molecule has 0 bridgehead atoms. The number of carbonyl (C=O) groups is 1. The van der Waals surface area contributed by atoms with E-state index in [4.69, 9.17) is 9.47 Å². The average molecular weight is 368 g/mol. The fourth-order valence-corrected chi connectivity index (χ4v) is 4.13. The standard InChI is InChI=1S/C21H21FN2O3/c1-13-18-14(2)27-20(23-19(25)15-8-4-3-5-9-15)24-21(18,12-26-13)16-10-6-7-11-17(16)22/h3-11,13-14,18H,12H2,1-2H3,(H,23,24,25)/t13-,14-,18?,21?/m1/s1. The Hall–Kier alpha value is -2.73. The Kier molecular flexibility index (Phi) is 4.44. The van der Waals surface area contributed by atoms with Gasteiger partial charge in [0.15, 0.2) is 0 Å². The van der Waals surface area contributed by atoms with Gasteiger partial charge >= 0.3 is 0 Å². The maximum atomic E-state index is 14.7. The number of hydrogen-bond acceptors (Lipinski definition) is 4. The summed E-state index contributed by atoms with van der Waals surface area (Å²) < 4.78 is 26.4. The van der Waals surface area contributed by atoms with E-state index in [2.05, 4.69) is 10.3 Å². The minimum atomic E-state index is -0.929. The SMILES string of the molecule is C[C@H]1OCC2(c3ccccc3F)N=C(NC(=O)c3ccccc3)O[C@H](C)C12. The lowest BCUT2D eigenvalue weighted by Crippen LogP contribution is -2.51. The number of amidine groups is 1. The molecule has 2 aliphatic rings. The Morgan fingerprint density at radius 3 is 2.56 bits per heavy atom. The lowest BCUT2D eigenvalue weighted by atomic mass is 9.75. The molecule has 140 valence electrons. The molecule has 4 atom stereocenters. The number of nitrogens with zero attached hydrogens (tertiary/aromatic N) is 1. The largest absolute Gasteiger partial charge is 0.461 e. The van der Waals surface area contributed by atoms with Crippen LogP contribution in [0.3, 0.4) is 0 Å². The molecular formula is C21H21FN2O3. The molecule has 0 aromatic heterocycles. The summed E-state index contributed by atoms with van der Waals surface area (Å²) in [6, 6.07) is 15.5. The molecule has 2 aliphatic heterocycles. The van der Waals surface area contributed by atoms with Crippen molar-refractivity contribution in [1.29, 1.82) is 0 Å². The molecule has 2 heterocycles. The molecule has 2 aromatic carbocycles. The van der Waals surface area contributed by atoms with Crippen LogP contribution in [0.5, 0.6) is 0 Å². The predicted octanol–water partition coefficient (Wildman–Crippen LogP) is 3.26. The minimum Gasteiger partial charge on any atom is -0.461 e. The van der Waals surface area contributed by atoms with E-state index in [0.29, 0.717) is 11.1 Å². The highest BCUT2D eigenvalue weighted by atomic mass is 19.1. The number of fused-ring (bicyclic) bond motifs is 1. The Bertz CT molecular complexity index is 886. The molecule has 2 aromatic rings. The van der Waals surface area contributed by atoms with Gasteiger partial charge in [-0.2, -0.15) is 0 Å². The van der Waals surface area contributed by atoms with Crippen LogP contribution in [0.2, 0.25) is 0 Å². The fourth-order valence-electron chi connectivity index (χ4n) is 4.13. The van der Waals surface area contributed by atoms with Crippen molar-refractivity contribution in [2.75, 3.05) is 6.61 Å². The van der Waals surface area contributed by atoms with E-state index >= 15 is 0 Å². The predicted molar refractivity (Wildman–Crippen MR) is 98.9 cm³/mol. The third kappa shape index (κ3) is 3.00. The molecule has 1 saturated heterocycles. The van der Waals surface area contributed by atoms with Crippen molar-refractivity contribution < 1.29 is 18.7 Å². The molecule has 0 saturated carbocycles. The van der Waals surface area contributed by atoms with Crippen molar-refractivity contribution in [3.05, 3.63) is 71.5 Å². The molecule has 1 fully saturated rings. The van der Waals surface area contributed by atoms with Crippen LogP contribution in [-0.2, 0) is 15.0 Å². The van der Waals surface area contributed by atoms with Gasteiger partial charge in [-0.25, -0.2) is 9.38 Å². The molecule has 27 heavy (non-hydrogen) atoms. The number of nitrogens with one attached hydrogen (secondary N) is 1. The summed E-state index contributed by atoms with van der Waals surface area (Å²) >= 11 is 0. The molecule has 4 rings (SSSR count). The van der Waals surface area contributed by atoms with Gasteiger partial charge in [0, 0.05) is 11.1 Å². The molecule has 5 nitrogen and oxygen atoms in total. The van der Waals surface area contributed by atoms with Crippen LogP contribution in [0.4, 0.5) is 4.39 Å². The Labute approximate surface area is 157 Å². The number of hydrogen-bond donors (Lipinski definition) is 1. The summed E-state index contributed by atoms with van der Waals surface area (Å²) in [6.07, 6.45) is -0.444. The molecule has 2 unspecified atom stereocenters. The zero-order valence-corrected chi connectivity index (χ0v) is 15.2. The molecule has 0 spiro atoms. The first kappa shape index (κ1) is 17.7. The van der Waals surface area contributed by atoms with Crippen LogP contribution in [0.1, 0.15) is 29.8 Å². The second-order valence-electron chi connectivity index (χ2n) is 7.01. The van der Waals surface area contributed by atoms with Crippen LogP contribution in [0.25, 0.3) is 0 Å². The van der Waals surface area contributed by atoms with Crippen LogP contribution in [-0.4, -0.2) is 30.7 Å². The second kappa shape index (κ2) is 6.78. The van der Waals surface area contributed by atoms with Gasteiger partial charge in [-0.05, 0) is 32.0 Å². The van der Waals surface area contributed by atoms with Gasteiger partial charge in [0.1, 0.15) is 17.5 Å². The highest BCUT2D eigenvalue weighted by molar-refractivity contribution is 6.04. The molecular weight excluding hydrogens is 347 g/mol. The number of aliphatic imine (C=N–C) groups is 1. The van der Waals surface area contributed by atoms with Crippen molar-refractivity contribution in [2.45, 2.75) is 31.6 Å². The third-order valence-corrected chi connectivity index (χ3v) is 5.32. The first-order chi connectivity index (χ1) is 13.0. The number of ether oxygens (including phenoxy) is 2. The van der Waals surface area contributed by atoms with E-state index in [-0.39, 0.29) is 42.5 Å². The summed E-state index contributed by atoms with van der Waals surface area (Å²) in [5.41, 5.74) is 0.0253. The molecule has 1 N–H and O–H groups in total. The minimum absolute atomic E-state index is 0.0913. The van der Waals surface area contributed by atoms with Gasteiger partial charge in [-0.3, -0.25) is 10.1 Å². The maximum Gasteiger partial charge on any atom is 0.292 e. The normalized spacial score (nSPS) is 29.4. The first-order valence-electron chi connectivity index (χ1n) is 9.01. The summed E-state index contributed by atoms with van der Waals surface area (Å²) in [7, 11) is 0. The molecule has 0 aliphatic carbocycles. The number of benzene rings is 2. The van der Waals surface area contributed by atoms with E-state index in [1.807, 2.05) is 19.9 Å². The molecule has 1 amide bonds. The summed E-state index contributed by atoms with van der Waals surface area (Å²) in [5, 5.41) is 2.72. The van der Waals surface area contributed by atoms with E-state index < -0.39 is 5.54 Å². The molecule has 6 heteroatoms. The quantitative estimate of drug-likeness (QED) is 0.885. The van der Waals surface area contributed by atoms with Crippen molar-refractivity contribution in [3.8, 4) is 0 Å². The highest BCUT2D eigenvalue weighted by Gasteiger charge is 2.56. The van der Waals surface area contributed by atoms with Crippen LogP contribution in [0.15, 0.2) is 59.6 Å². The zero-order chi connectivity index (χ0) is 19.0. The monoisotopic (exact) mass is 368 g/mol. The van der Waals surface area contributed by atoms with Gasteiger partial charge in [0.05, 0.1) is 18.6 Å². The summed E-state index contributed by atoms with van der Waals surface area (Å²) in [5.74, 6) is -0.825. The van der Waals surface area contributed by atoms with Gasteiger partial charge in [0.2, 0.25) is 0 Å². The van der Waals surface area contributed by atoms with Gasteiger partial charge in [-0.1, -0.05) is 36.4 Å². The van der Waals surface area contributed by atoms with Crippen molar-refractivity contribution in [1.82, 2.24) is 5.32 Å². The van der Waals surface area contributed by atoms with E-state index in [1.54, 1.807) is 42.5 Å². The number of amides is 1. The lowest BCUT2D eigenvalue weighted by molar-refractivity contribution is 0.0389. The van der Waals surface area contributed by atoms with Gasteiger partial charge < -0.3 is 9.47 Å². The topological polar surface area (TPSA) is 59.9 Å². The summed E-state index contributed by atoms with van der Waals surface area (Å²) in [6.45, 7) is 4.07. The van der Waals surface area contributed by atoms with E-state index in [9.17, 15) is 9.18 Å². The first-order valence-corrected chi connectivity index (χ1v) is 9.01. The Morgan fingerprint density at radius 1 is 1.11 bits per heavy atom. The highest BCUT2D eigenvalue weighted by Crippen LogP contribution is 2.48. The maximum absolute atomic E-state index is 14.7.